The summed E-state index contributed by atoms with van der Waals surface area (Å²) < 4.78 is 44.2. The van der Waals surface area contributed by atoms with E-state index in [2.05, 4.69) is 15.9 Å². The molecule has 1 aliphatic heterocycles. The van der Waals surface area contributed by atoms with Crippen molar-refractivity contribution in [3.63, 3.8) is 0 Å². The molecular weight excluding hydrogens is 509 g/mol. The third-order valence-corrected chi connectivity index (χ3v) is 8.04. The first-order chi connectivity index (χ1) is 15.7. The predicted molar refractivity (Wildman–Crippen MR) is 127 cm³/mol. The summed E-state index contributed by atoms with van der Waals surface area (Å²) >= 11 is 3.43. The average Bonchev–Trinajstić information content (AvgIpc) is 2.78. The lowest BCUT2D eigenvalue weighted by molar-refractivity contribution is -0.133. The summed E-state index contributed by atoms with van der Waals surface area (Å²) in [5.41, 5.74) is 1.73. The Morgan fingerprint density at radius 1 is 1.03 bits per heavy atom. The minimum Gasteiger partial charge on any atom is -0.478 e. The lowest BCUT2D eigenvalue weighted by Crippen LogP contribution is -2.42. The van der Waals surface area contributed by atoms with Gasteiger partial charge in [0.2, 0.25) is 10.0 Å². The minimum absolute atomic E-state index is 0.0427. The second kappa shape index (κ2) is 9.21. The Morgan fingerprint density at radius 2 is 1.70 bits per heavy atom. The normalized spacial score (nSPS) is 19.2. The first-order valence-corrected chi connectivity index (χ1v) is 12.5. The number of sulfonamides is 1. The van der Waals surface area contributed by atoms with Crippen LogP contribution in [-0.2, 0) is 14.8 Å². The monoisotopic (exact) mass is 529 g/mol. The molecule has 3 aromatic carbocycles. The van der Waals surface area contributed by atoms with Gasteiger partial charge < -0.3 is 5.11 Å². The maximum absolute atomic E-state index is 14.2. The van der Waals surface area contributed by atoms with Crippen LogP contribution in [0.15, 0.2) is 93.8 Å². The van der Waals surface area contributed by atoms with Crippen molar-refractivity contribution in [2.45, 2.75) is 30.3 Å². The molecule has 0 saturated heterocycles. The second-order valence-electron chi connectivity index (χ2n) is 7.88. The van der Waals surface area contributed by atoms with Crippen LogP contribution >= 0.6 is 15.9 Å². The van der Waals surface area contributed by atoms with Gasteiger partial charge in [0, 0.05) is 4.47 Å². The molecule has 0 bridgehead atoms. The Hall–Kier alpha value is -2.81. The van der Waals surface area contributed by atoms with Gasteiger partial charge in [-0.25, -0.2) is 17.6 Å². The van der Waals surface area contributed by atoms with Crippen molar-refractivity contribution in [3.8, 4) is 0 Å². The molecule has 0 fully saturated rings. The van der Waals surface area contributed by atoms with E-state index in [1.54, 1.807) is 30.3 Å². The van der Waals surface area contributed by atoms with Gasteiger partial charge in [-0.15, -0.1) is 0 Å². The van der Waals surface area contributed by atoms with E-state index < -0.39 is 33.9 Å². The number of benzene rings is 3. The standard InChI is InChI=1S/C25H21BrFNO4S/c1-16-8-10-21(11-9-16)33(31,32)28-23(17-4-2-6-19(26)14-17)13-12-22(25(29)30)24(28)18-5-3-7-20(27)15-18/h2-12,14-15,23-24H,13H2,1H3,(H,29,30). The fourth-order valence-electron chi connectivity index (χ4n) is 4.11. The zero-order valence-electron chi connectivity index (χ0n) is 17.7. The summed E-state index contributed by atoms with van der Waals surface area (Å²) in [5.74, 6) is -1.82. The summed E-state index contributed by atoms with van der Waals surface area (Å²) in [6.07, 6.45) is 1.69. The molecule has 170 valence electrons. The molecule has 2 unspecified atom stereocenters. The number of carbonyl (C=O) groups is 1. The van der Waals surface area contributed by atoms with Gasteiger partial charge in [-0.05, 0) is 60.9 Å². The fourth-order valence-corrected chi connectivity index (χ4v) is 6.31. The number of carboxylic acids is 1. The third-order valence-electron chi connectivity index (χ3n) is 5.66. The molecule has 0 saturated carbocycles. The fraction of sp³-hybridized carbons (Fsp3) is 0.160. The number of aryl methyl sites for hydroxylation is 1. The van der Waals surface area contributed by atoms with Crippen molar-refractivity contribution in [2.24, 2.45) is 0 Å². The van der Waals surface area contributed by atoms with Crippen LogP contribution in [0, 0.1) is 12.7 Å². The van der Waals surface area contributed by atoms with E-state index in [1.165, 1.54) is 40.7 Å². The molecule has 0 aliphatic carbocycles. The molecule has 0 aromatic heterocycles. The van der Waals surface area contributed by atoms with E-state index in [9.17, 15) is 22.7 Å². The van der Waals surface area contributed by atoms with Crippen LogP contribution in [0.1, 0.15) is 35.2 Å². The molecule has 8 heteroatoms. The molecule has 1 aliphatic rings. The first kappa shape index (κ1) is 23.4. The van der Waals surface area contributed by atoms with Crippen LogP contribution in [0.3, 0.4) is 0 Å². The SMILES string of the molecule is Cc1ccc(S(=O)(=O)N2C(c3cccc(Br)c3)CC=C(C(=O)O)C2c2cccc(F)c2)cc1. The quantitative estimate of drug-likeness (QED) is 0.454. The van der Waals surface area contributed by atoms with Crippen LogP contribution in [0.5, 0.6) is 0 Å². The number of carboxylic acid groups (broad SMARTS) is 1. The van der Waals surface area contributed by atoms with Gasteiger partial charge in [-0.2, -0.15) is 4.31 Å². The van der Waals surface area contributed by atoms with Gasteiger partial charge in [0.05, 0.1) is 22.6 Å². The van der Waals surface area contributed by atoms with E-state index in [4.69, 9.17) is 0 Å². The van der Waals surface area contributed by atoms with Gasteiger partial charge in [0.25, 0.3) is 0 Å². The van der Waals surface area contributed by atoms with Crippen molar-refractivity contribution in [1.82, 2.24) is 4.31 Å². The summed E-state index contributed by atoms with van der Waals surface area (Å²) in [6.45, 7) is 1.85. The number of halogens is 2. The third kappa shape index (κ3) is 4.64. The highest BCUT2D eigenvalue weighted by atomic mass is 79.9. The zero-order valence-corrected chi connectivity index (χ0v) is 20.1. The van der Waals surface area contributed by atoms with Crippen LogP contribution in [0.4, 0.5) is 4.39 Å². The van der Waals surface area contributed by atoms with Gasteiger partial charge in [0.1, 0.15) is 5.82 Å². The van der Waals surface area contributed by atoms with E-state index in [0.717, 1.165) is 10.0 Å². The minimum atomic E-state index is -4.17. The molecule has 0 spiro atoms. The molecule has 1 heterocycles. The molecular formula is C25H21BrFNO4S. The number of rotatable bonds is 5. The molecule has 0 radical (unpaired) electrons. The van der Waals surface area contributed by atoms with Crippen LogP contribution in [-0.4, -0.2) is 23.8 Å². The zero-order chi connectivity index (χ0) is 23.8. The number of hydrogen-bond donors (Lipinski definition) is 1. The molecule has 33 heavy (non-hydrogen) atoms. The summed E-state index contributed by atoms with van der Waals surface area (Å²) in [7, 11) is -4.17. The van der Waals surface area contributed by atoms with Crippen molar-refractivity contribution >= 4 is 31.9 Å². The summed E-state index contributed by atoms with van der Waals surface area (Å²) in [4.78, 5) is 12.2. The number of nitrogens with zero attached hydrogens (tertiary/aromatic N) is 1. The smallest absolute Gasteiger partial charge is 0.333 e. The number of hydrogen-bond acceptors (Lipinski definition) is 3. The highest BCUT2D eigenvalue weighted by molar-refractivity contribution is 9.10. The van der Waals surface area contributed by atoms with Gasteiger partial charge in [-0.1, -0.05) is 64.0 Å². The van der Waals surface area contributed by atoms with Crippen molar-refractivity contribution in [3.05, 3.63) is 111 Å². The Balaban J connectivity index is 1.98. The summed E-state index contributed by atoms with van der Waals surface area (Å²) in [5, 5.41) is 9.94. The maximum atomic E-state index is 14.2. The molecule has 0 amide bonds. The molecule has 1 N–H and O–H groups in total. The highest BCUT2D eigenvalue weighted by Gasteiger charge is 2.44. The van der Waals surface area contributed by atoms with E-state index in [-0.39, 0.29) is 22.5 Å². The van der Waals surface area contributed by atoms with Gasteiger partial charge in [0.15, 0.2) is 0 Å². The number of aliphatic carboxylic acids is 1. The van der Waals surface area contributed by atoms with E-state index in [1.807, 2.05) is 19.1 Å². The molecule has 4 rings (SSSR count). The molecule has 5 nitrogen and oxygen atoms in total. The van der Waals surface area contributed by atoms with E-state index in [0.29, 0.717) is 5.56 Å². The molecule has 2 atom stereocenters. The van der Waals surface area contributed by atoms with Gasteiger partial charge >= 0.3 is 5.97 Å². The summed E-state index contributed by atoms with van der Waals surface area (Å²) in [6, 6.07) is 17.1. The van der Waals surface area contributed by atoms with Crippen molar-refractivity contribution < 1.29 is 22.7 Å². The maximum Gasteiger partial charge on any atom is 0.333 e. The highest BCUT2D eigenvalue weighted by Crippen LogP contribution is 2.46. The average molecular weight is 530 g/mol. The Bertz CT molecular complexity index is 1340. The largest absolute Gasteiger partial charge is 0.478 e. The predicted octanol–water partition coefficient (Wildman–Crippen LogP) is 5.78. The lowest BCUT2D eigenvalue weighted by atomic mass is 9.89. The molecule has 3 aromatic rings. The lowest BCUT2D eigenvalue weighted by Gasteiger charge is -2.40. The first-order valence-electron chi connectivity index (χ1n) is 10.2. The Kier molecular flexibility index (Phi) is 6.52. The van der Waals surface area contributed by atoms with Crippen LogP contribution in [0.2, 0.25) is 0 Å². The van der Waals surface area contributed by atoms with Crippen LogP contribution < -0.4 is 0 Å². The van der Waals surface area contributed by atoms with Crippen molar-refractivity contribution in [2.75, 3.05) is 0 Å². The topological polar surface area (TPSA) is 74.7 Å². The van der Waals surface area contributed by atoms with Gasteiger partial charge in [-0.3, -0.25) is 0 Å². The Morgan fingerprint density at radius 3 is 2.33 bits per heavy atom. The van der Waals surface area contributed by atoms with Crippen LogP contribution in [0.25, 0.3) is 0 Å². The second-order valence-corrected chi connectivity index (χ2v) is 10.6. The Labute approximate surface area is 200 Å². The van der Waals surface area contributed by atoms with Crippen molar-refractivity contribution in [1.29, 1.82) is 0 Å². The van der Waals surface area contributed by atoms with E-state index >= 15 is 0 Å².